The van der Waals surface area contributed by atoms with Gasteiger partial charge >= 0.3 is 0 Å². The monoisotopic (exact) mass is 747 g/mol. The first kappa shape index (κ1) is 40.5. The van der Waals surface area contributed by atoms with E-state index < -0.39 is 42.1 Å². The molecular formula is C39H53N5O6SSi. The van der Waals surface area contributed by atoms with Crippen LogP contribution in [0.15, 0.2) is 97.2 Å². The van der Waals surface area contributed by atoms with Crippen LogP contribution in [0.25, 0.3) is 0 Å². The summed E-state index contributed by atoms with van der Waals surface area (Å²) in [7, 11) is -4.90. The number of rotatable bonds is 20. The highest BCUT2D eigenvalue weighted by atomic mass is 32.2. The Morgan fingerprint density at radius 3 is 2.15 bits per heavy atom. The van der Waals surface area contributed by atoms with Crippen LogP contribution in [0.3, 0.4) is 0 Å². The molecule has 2 amide bonds. The minimum absolute atomic E-state index is 0.0685. The van der Waals surface area contributed by atoms with E-state index in [-0.39, 0.29) is 35.2 Å². The molecule has 0 aliphatic rings. The molecule has 4 rings (SSSR count). The Hall–Kier alpha value is -4.27. The number of nitrogens with zero attached hydrogens (tertiary/aromatic N) is 1. The minimum Gasteiger partial charge on any atom is -0.390 e. The van der Waals surface area contributed by atoms with Gasteiger partial charge in [0.15, 0.2) is 0 Å². The van der Waals surface area contributed by atoms with Gasteiger partial charge < -0.3 is 30.4 Å². The molecule has 13 heteroatoms. The first-order valence-corrected chi connectivity index (χ1v) is 23.1. The number of aromatic nitrogens is 1. The highest BCUT2D eigenvalue weighted by Gasteiger charge is 2.24. The summed E-state index contributed by atoms with van der Waals surface area (Å²) in [5.74, 6) is -1.23. The second-order valence-corrected chi connectivity index (χ2v) is 21.8. The van der Waals surface area contributed by atoms with Gasteiger partial charge in [-0.1, -0.05) is 80.3 Å². The number of aliphatic hydroxyl groups excluding tert-OH is 1. The van der Waals surface area contributed by atoms with Crippen molar-refractivity contribution in [2.24, 2.45) is 0 Å². The fourth-order valence-electron chi connectivity index (χ4n) is 5.48. The normalized spacial score (nSPS) is 13.6. The summed E-state index contributed by atoms with van der Waals surface area (Å²) in [5.41, 5.74) is 3.07. The largest absolute Gasteiger partial charge is 0.390 e. The number of benzene rings is 3. The number of ether oxygens (including phenoxy) is 1. The van der Waals surface area contributed by atoms with Crippen LogP contribution in [0.4, 0.5) is 5.69 Å². The van der Waals surface area contributed by atoms with E-state index in [1.165, 1.54) is 25.1 Å². The van der Waals surface area contributed by atoms with Crippen molar-refractivity contribution in [1.82, 2.24) is 20.5 Å². The molecule has 0 spiro atoms. The van der Waals surface area contributed by atoms with Crippen molar-refractivity contribution in [1.29, 1.82) is 0 Å². The molecule has 0 saturated carbocycles. The van der Waals surface area contributed by atoms with Gasteiger partial charge in [-0.25, -0.2) is 8.42 Å². The molecule has 0 aliphatic heterocycles. The Morgan fingerprint density at radius 2 is 1.52 bits per heavy atom. The Balaban J connectivity index is 1.50. The summed E-state index contributed by atoms with van der Waals surface area (Å²) in [6, 6.07) is 27.2. The molecule has 1 aromatic heterocycles. The van der Waals surface area contributed by atoms with Crippen LogP contribution < -0.4 is 20.7 Å². The van der Waals surface area contributed by atoms with Crippen molar-refractivity contribution in [3.05, 3.63) is 125 Å². The molecule has 52 heavy (non-hydrogen) atoms. The van der Waals surface area contributed by atoms with Crippen LogP contribution in [0, 0.1) is 0 Å². The number of anilines is 1. The molecule has 3 aromatic carbocycles. The third kappa shape index (κ3) is 13.0. The highest BCUT2D eigenvalue weighted by molar-refractivity contribution is 7.92. The minimum atomic E-state index is -3.72. The number of sulfonamides is 1. The fourth-order valence-corrected chi connectivity index (χ4v) is 6.85. The quantitative estimate of drug-likeness (QED) is 0.0588. The number of carbonyl (C=O) groups excluding carboxylic acids is 2. The zero-order valence-electron chi connectivity index (χ0n) is 30.8. The molecule has 0 aliphatic carbocycles. The zero-order chi connectivity index (χ0) is 37.7. The van der Waals surface area contributed by atoms with Crippen LogP contribution in [-0.2, 0) is 34.5 Å². The van der Waals surface area contributed by atoms with Crippen molar-refractivity contribution >= 4 is 35.6 Å². The molecule has 0 saturated heterocycles. The number of amides is 2. The first-order valence-electron chi connectivity index (χ1n) is 17.7. The van der Waals surface area contributed by atoms with Crippen molar-refractivity contribution in [2.75, 3.05) is 23.6 Å². The number of carbonyl (C=O) groups is 2. The van der Waals surface area contributed by atoms with E-state index in [1.807, 2.05) is 90.5 Å². The van der Waals surface area contributed by atoms with Crippen LogP contribution >= 0.6 is 0 Å². The highest BCUT2D eigenvalue weighted by Crippen LogP contribution is 2.20. The lowest BCUT2D eigenvalue weighted by atomic mass is 10.00. The van der Waals surface area contributed by atoms with Gasteiger partial charge in [-0.05, 0) is 67.8 Å². The molecule has 3 atom stereocenters. The summed E-state index contributed by atoms with van der Waals surface area (Å²) in [6.07, 6.45) is 1.31. The Morgan fingerprint density at radius 1 is 0.885 bits per heavy atom. The van der Waals surface area contributed by atoms with Gasteiger partial charge in [-0.2, -0.15) is 0 Å². The summed E-state index contributed by atoms with van der Waals surface area (Å²) in [6.45, 7) is 12.1. The molecule has 0 fully saturated rings. The second kappa shape index (κ2) is 19.0. The van der Waals surface area contributed by atoms with Crippen LogP contribution in [-0.4, -0.2) is 69.0 Å². The maximum Gasteiger partial charge on any atom is 0.251 e. The van der Waals surface area contributed by atoms with Gasteiger partial charge in [0.05, 0.1) is 29.6 Å². The molecule has 1 heterocycles. The van der Waals surface area contributed by atoms with Gasteiger partial charge in [0.2, 0.25) is 10.0 Å². The van der Waals surface area contributed by atoms with Crippen LogP contribution in [0.2, 0.25) is 25.7 Å². The predicted molar refractivity (Wildman–Crippen MR) is 209 cm³/mol. The Bertz CT molecular complexity index is 1850. The summed E-state index contributed by atoms with van der Waals surface area (Å²) < 4.78 is 35.5. The van der Waals surface area contributed by atoms with E-state index in [1.54, 1.807) is 0 Å². The molecule has 0 radical (unpaired) electrons. The second-order valence-electron chi connectivity index (χ2n) is 14.2. The van der Waals surface area contributed by atoms with Crippen LogP contribution in [0.5, 0.6) is 0 Å². The molecular weight excluding hydrogens is 695 g/mol. The van der Waals surface area contributed by atoms with Gasteiger partial charge in [-0.3, -0.25) is 14.3 Å². The average Bonchev–Trinajstić information content (AvgIpc) is 3.56. The topological polar surface area (TPSA) is 151 Å². The predicted octanol–water partition coefficient (Wildman–Crippen LogP) is 5.54. The lowest BCUT2D eigenvalue weighted by molar-refractivity contribution is 0.0816. The average molecular weight is 748 g/mol. The van der Waals surface area contributed by atoms with Crippen molar-refractivity contribution in [3.8, 4) is 0 Å². The van der Waals surface area contributed by atoms with Gasteiger partial charge in [-0.15, -0.1) is 0 Å². The third-order valence-electron chi connectivity index (χ3n) is 8.65. The molecule has 280 valence electrons. The number of nitrogens with one attached hydrogen (secondary N) is 4. The van der Waals surface area contributed by atoms with Crippen LogP contribution in [0.1, 0.15) is 57.4 Å². The summed E-state index contributed by atoms with van der Waals surface area (Å²) in [4.78, 5) is 27.3. The van der Waals surface area contributed by atoms with Crippen molar-refractivity contribution in [2.45, 2.75) is 77.4 Å². The molecule has 4 aromatic rings. The van der Waals surface area contributed by atoms with E-state index in [0.29, 0.717) is 26.3 Å². The lowest BCUT2D eigenvalue weighted by Crippen LogP contribution is -2.48. The Kier molecular flexibility index (Phi) is 14.8. The zero-order valence-corrected chi connectivity index (χ0v) is 32.6. The standard InChI is InChI=1S/C39H53N5O6SSi/c1-6-51(48,49)43-34-24-32(38(46)41-29(2)31-16-11-8-12-17-31)23-33(25-34)39(47)42-36(22-30-14-9-7-10-15-30)37(45)27-40-26-35-18-13-19-44(35)28-50-20-21-52(3,4)5/h7-19,23-25,29,36-37,40,43,45H,6,20-22,26-28H2,1-5H3,(H,41,46)(H,42,47)/t29-,36+,37-/m1/s1. The maximum atomic E-state index is 13.9. The smallest absolute Gasteiger partial charge is 0.251 e. The SMILES string of the molecule is CCS(=O)(=O)Nc1cc(C(=O)N[C@@H](Cc2ccccc2)[C@H](O)CNCc2cccn2COCC[Si](C)(C)C)cc(C(=O)N[C@H](C)c2ccccc2)c1. The Labute approximate surface area is 309 Å². The van der Waals surface area contributed by atoms with Crippen molar-refractivity contribution < 1.29 is 27.9 Å². The maximum absolute atomic E-state index is 13.9. The molecule has 5 N–H and O–H groups in total. The number of hydrogen-bond acceptors (Lipinski definition) is 7. The van der Waals surface area contributed by atoms with E-state index in [9.17, 15) is 23.1 Å². The van der Waals surface area contributed by atoms with Gasteiger partial charge in [0.1, 0.15) is 6.73 Å². The summed E-state index contributed by atoms with van der Waals surface area (Å²) >= 11 is 0. The van der Waals surface area contributed by atoms with E-state index in [2.05, 4.69) is 40.3 Å². The fraction of sp³-hybridized carbons (Fsp3) is 0.385. The third-order valence-corrected chi connectivity index (χ3v) is 11.7. The van der Waals surface area contributed by atoms with E-state index >= 15 is 0 Å². The number of hydrogen-bond donors (Lipinski definition) is 5. The first-order chi connectivity index (χ1) is 24.7. The molecule has 0 bridgehead atoms. The van der Waals surface area contributed by atoms with Crippen molar-refractivity contribution in [3.63, 3.8) is 0 Å². The van der Waals surface area contributed by atoms with Gasteiger partial charge in [0, 0.05) is 50.8 Å². The number of aliphatic hydroxyl groups is 1. The lowest BCUT2D eigenvalue weighted by Gasteiger charge is -2.25. The van der Waals surface area contributed by atoms with E-state index in [4.69, 9.17) is 4.74 Å². The van der Waals surface area contributed by atoms with Gasteiger partial charge in [0.25, 0.3) is 11.8 Å². The summed E-state index contributed by atoms with van der Waals surface area (Å²) in [5, 5.41) is 20.6. The van der Waals surface area contributed by atoms with E-state index in [0.717, 1.165) is 22.9 Å². The molecule has 0 unspecified atom stereocenters. The molecule has 11 nitrogen and oxygen atoms in total.